The Hall–Kier alpha value is -1.67. The quantitative estimate of drug-likeness (QED) is 0.527. The molecule has 4 rings (SSSR count). The van der Waals surface area contributed by atoms with Gasteiger partial charge in [0.15, 0.2) is 0 Å². The highest BCUT2D eigenvalue weighted by molar-refractivity contribution is 6.58. The van der Waals surface area contributed by atoms with E-state index in [1.165, 1.54) is 12.4 Å². The predicted molar refractivity (Wildman–Crippen MR) is 68.7 cm³/mol. The summed E-state index contributed by atoms with van der Waals surface area (Å²) in [6, 6.07) is 0.151. The number of piperidine rings is 1. The first-order chi connectivity index (χ1) is 9.13. The Bertz CT molecular complexity index is 481. The summed E-state index contributed by atoms with van der Waals surface area (Å²) in [6.07, 6.45) is 4.69. The van der Waals surface area contributed by atoms with Crippen LogP contribution < -0.4 is 15.7 Å². The summed E-state index contributed by atoms with van der Waals surface area (Å²) in [5.74, 6) is 0.629. The Kier molecular flexibility index (Phi) is 3.12. The number of rotatable bonds is 2. The van der Waals surface area contributed by atoms with Gasteiger partial charge in [-0.3, -0.25) is 4.79 Å². The lowest BCUT2D eigenvalue weighted by atomic mass is 9.83. The number of aromatic nitrogens is 2. The summed E-state index contributed by atoms with van der Waals surface area (Å²) >= 11 is 0. The van der Waals surface area contributed by atoms with Crippen LogP contribution in [0.15, 0.2) is 12.4 Å². The molecule has 0 aliphatic carbocycles. The third kappa shape index (κ3) is 2.41. The van der Waals surface area contributed by atoms with Crippen molar-refractivity contribution >= 4 is 24.4 Å². The summed E-state index contributed by atoms with van der Waals surface area (Å²) < 4.78 is 0. The number of nitrogens with zero attached hydrogens (tertiary/aromatic N) is 3. The van der Waals surface area contributed by atoms with E-state index in [9.17, 15) is 4.79 Å². The van der Waals surface area contributed by atoms with E-state index in [4.69, 9.17) is 10.0 Å². The summed E-state index contributed by atoms with van der Waals surface area (Å²) in [5, 5.41) is 21.0. The molecule has 0 spiro atoms. The zero-order chi connectivity index (χ0) is 13.4. The van der Waals surface area contributed by atoms with Crippen molar-refractivity contribution in [3.05, 3.63) is 12.4 Å². The molecule has 1 aromatic heterocycles. The SMILES string of the molecule is O=C1N[C@H]2CC[C@@H]1CN(c1ncc(B(O)O)cn1)C2. The monoisotopic (exact) mass is 262 g/mol. The number of anilines is 1. The molecule has 0 radical (unpaired) electrons. The zero-order valence-corrected chi connectivity index (χ0v) is 10.4. The van der Waals surface area contributed by atoms with Crippen molar-refractivity contribution < 1.29 is 14.8 Å². The van der Waals surface area contributed by atoms with Gasteiger partial charge in [0.1, 0.15) is 0 Å². The number of carbonyl (C=O) groups excluding carboxylic acids is 1. The zero-order valence-electron chi connectivity index (χ0n) is 10.4. The van der Waals surface area contributed by atoms with Gasteiger partial charge in [-0.15, -0.1) is 0 Å². The number of carbonyl (C=O) groups is 1. The van der Waals surface area contributed by atoms with Crippen LogP contribution in [0.3, 0.4) is 0 Å². The molecule has 1 aromatic rings. The maximum Gasteiger partial charge on any atom is 0.491 e. The third-order valence-electron chi connectivity index (χ3n) is 3.70. The molecule has 3 aliphatic rings. The van der Waals surface area contributed by atoms with Gasteiger partial charge in [0.2, 0.25) is 11.9 Å². The van der Waals surface area contributed by atoms with Gasteiger partial charge in [0.25, 0.3) is 0 Å². The summed E-state index contributed by atoms with van der Waals surface area (Å²) in [4.78, 5) is 22.0. The van der Waals surface area contributed by atoms with Crippen molar-refractivity contribution in [2.24, 2.45) is 5.92 Å². The summed E-state index contributed by atoms with van der Waals surface area (Å²) in [6.45, 7) is 1.31. The van der Waals surface area contributed by atoms with Crippen molar-refractivity contribution in [2.75, 3.05) is 18.0 Å². The number of hydrogen-bond donors (Lipinski definition) is 3. The van der Waals surface area contributed by atoms with E-state index < -0.39 is 7.12 Å². The minimum Gasteiger partial charge on any atom is -0.423 e. The fraction of sp³-hybridized carbons (Fsp3) is 0.545. The van der Waals surface area contributed by atoms with Gasteiger partial charge in [-0.1, -0.05) is 0 Å². The lowest BCUT2D eigenvalue weighted by Crippen LogP contribution is -2.43. The van der Waals surface area contributed by atoms with Gasteiger partial charge in [0, 0.05) is 37.0 Å². The second kappa shape index (κ2) is 4.78. The van der Waals surface area contributed by atoms with E-state index >= 15 is 0 Å². The van der Waals surface area contributed by atoms with Gasteiger partial charge in [-0.2, -0.15) is 0 Å². The Morgan fingerprint density at radius 3 is 2.63 bits per heavy atom. The van der Waals surface area contributed by atoms with Gasteiger partial charge in [-0.05, 0) is 12.8 Å². The average molecular weight is 262 g/mol. The standard InChI is InChI=1S/C11H15BN4O3/c17-10-7-1-2-9(15-10)6-16(5-7)11-13-3-8(4-14-11)12(18)19/h3-4,7,9,18-19H,1-2,5-6H2,(H,15,17)/t7-,9+/m1/s1. The van der Waals surface area contributed by atoms with Crippen molar-refractivity contribution in [1.29, 1.82) is 0 Å². The molecule has 3 N–H and O–H groups in total. The number of amides is 1. The molecule has 100 valence electrons. The minimum absolute atomic E-state index is 0.00883. The normalized spacial score (nSPS) is 26.0. The maximum absolute atomic E-state index is 11.8. The van der Waals surface area contributed by atoms with Crippen LogP contribution in [0.1, 0.15) is 12.8 Å². The Labute approximate surface area is 110 Å². The Balaban J connectivity index is 1.80. The smallest absolute Gasteiger partial charge is 0.423 e. The van der Waals surface area contributed by atoms with Gasteiger partial charge < -0.3 is 20.3 Å². The Morgan fingerprint density at radius 2 is 2.00 bits per heavy atom. The minimum atomic E-state index is -1.56. The molecule has 3 aliphatic heterocycles. The first-order valence-electron chi connectivity index (χ1n) is 6.37. The van der Waals surface area contributed by atoms with Crippen molar-refractivity contribution in [3.63, 3.8) is 0 Å². The van der Waals surface area contributed by atoms with E-state index in [1.54, 1.807) is 0 Å². The topological polar surface area (TPSA) is 98.6 Å². The van der Waals surface area contributed by atoms with Gasteiger partial charge in [-0.25, -0.2) is 9.97 Å². The van der Waals surface area contributed by atoms with E-state index in [1.807, 2.05) is 4.90 Å². The largest absolute Gasteiger partial charge is 0.491 e. The molecule has 2 atom stereocenters. The molecule has 19 heavy (non-hydrogen) atoms. The van der Waals surface area contributed by atoms with Gasteiger partial charge >= 0.3 is 7.12 Å². The molecule has 1 amide bonds. The van der Waals surface area contributed by atoms with Crippen molar-refractivity contribution in [2.45, 2.75) is 18.9 Å². The maximum atomic E-state index is 11.8. The fourth-order valence-electron chi connectivity index (χ4n) is 2.63. The molecular weight excluding hydrogens is 247 g/mol. The highest BCUT2D eigenvalue weighted by atomic mass is 16.4. The van der Waals surface area contributed by atoms with Crippen LogP contribution in [0.5, 0.6) is 0 Å². The number of nitrogens with one attached hydrogen (secondary N) is 1. The fourth-order valence-corrected chi connectivity index (χ4v) is 2.63. The van der Waals surface area contributed by atoms with E-state index in [0.29, 0.717) is 19.0 Å². The predicted octanol–water partition coefficient (Wildman–Crippen LogP) is -2.13. The first-order valence-corrected chi connectivity index (χ1v) is 6.37. The lowest BCUT2D eigenvalue weighted by Gasteiger charge is -2.22. The highest BCUT2D eigenvalue weighted by Crippen LogP contribution is 2.24. The van der Waals surface area contributed by atoms with Crippen molar-refractivity contribution in [1.82, 2.24) is 15.3 Å². The van der Waals surface area contributed by atoms with E-state index in [-0.39, 0.29) is 23.3 Å². The third-order valence-corrected chi connectivity index (χ3v) is 3.70. The van der Waals surface area contributed by atoms with Crippen LogP contribution in [0.4, 0.5) is 5.95 Å². The van der Waals surface area contributed by atoms with Crippen LogP contribution in [0.2, 0.25) is 0 Å². The van der Waals surface area contributed by atoms with Crippen LogP contribution >= 0.6 is 0 Å². The molecule has 7 nitrogen and oxygen atoms in total. The van der Waals surface area contributed by atoms with Crippen LogP contribution in [0.25, 0.3) is 0 Å². The molecule has 8 heteroatoms. The van der Waals surface area contributed by atoms with Crippen LogP contribution in [-0.2, 0) is 4.79 Å². The molecule has 3 fully saturated rings. The molecule has 0 saturated carbocycles. The second-order valence-electron chi connectivity index (χ2n) is 5.07. The average Bonchev–Trinajstić information content (AvgIpc) is 2.70. The molecular formula is C11H15BN4O3. The van der Waals surface area contributed by atoms with Crippen LogP contribution in [-0.4, -0.2) is 52.2 Å². The summed E-state index contributed by atoms with van der Waals surface area (Å²) in [7, 11) is -1.56. The van der Waals surface area contributed by atoms with E-state index in [2.05, 4.69) is 15.3 Å². The second-order valence-corrected chi connectivity index (χ2v) is 5.07. The lowest BCUT2D eigenvalue weighted by molar-refractivity contribution is -0.126. The van der Waals surface area contributed by atoms with Crippen molar-refractivity contribution in [3.8, 4) is 0 Å². The number of fused-ring (bicyclic) bond motifs is 4. The van der Waals surface area contributed by atoms with Gasteiger partial charge in [0.05, 0.1) is 5.92 Å². The van der Waals surface area contributed by atoms with E-state index in [0.717, 1.165) is 12.8 Å². The molecule has 2 bridgehead atoms. The number of hydrogen-bond acceptors (Lipinski definition) is 6. The van der Waals surface area contributed by atoms with Crippen LogP contribution in [0, 0.1) is 5.92 Å². The molecule has 0 unspecified atom stereocenters. The Morgan fingerprint density at radius 1 is 1.26 bits per heavy atom. The first kappa shape index (κ1) is 12.4. The molecule has 3 saturated heterocycles. The summed E-state index contributed by atoms with van der Waals surface area (Å²) in [5.41, 5.74) is 0.260. The highest BCUT2D eigenvalue weighted by Gasteiger charge is 2.35. The molecule has 0 aromatic carbocycles. The molecule has 4 heterocycles.